The molecule has 1 N–H and O–H groups in total. The molecule has 0 atom stereocenters. The van der Waals surface area contributed by atoms with Crippen LogP contribution in [0.25, 0.3) is 0 Å². The van der Waals surface area contributed by atoms with Crippen LogP contribution < -0.4 is 5.32 Å². The van der Waals surface area contributed by atoms with Crippen LogP contribution in [0.4, 0.5) is 0 Å². The van der Waals surface area contributed by atoms with Crippen molar-refractivity contribution in [2.24, 2.45) is 0 Å². The maximum Gasteiger partial charge on any atom is 0.270 e. The Hall–Kier alpha value is -1.09. The minimum Gasteiger partial charge on any atom is -0.347 e. The molecule has 2 heterocycles. The second-order valence-electron chi connectivity index (χ2n) is 3.15. The van der Waals surface area contributed by atoms with Gasteiger partial charge >= 0.3 is 0 Å². The summed E-state index contributed by atoms with van der Waals surface area (Å²) in [5, 5.41) is 3.38. The highest BCUT2D eigenvalue weighted by Gasteiger charge is 2.24. The van der Waals surface area contributed by atoms with Crippen LogP contribution in [0.2, 0.25) is 5.02 Å². The van der Waals surface area contributed by atoms with Gasteiger partial charge in [-0.05, 0) is 19.4 Å². The summed E-state index contributed by atoms with van der Waals surface area (Å²) >= 11 is 6.01. The van der Waals surface area contributed by atoms with Crippen molar-refractivity contribution in [2.75, 3.05) is 0 Å². The molecule has 0 saturated heterocycles. The molecule has 13 heavy (non-hydrogen) atoms. The number of hydrogen-bond acceptors (Lipinski definition) is 2. The van der Waals surface area contributed by atoms with E-state index in [1.165, 1.54) is 0 Å². The summed E-state index contributed by atoms with van der Waals surface area (Å²) in [6.07, 6.45) is 0. The van der Waals surface area contributed by atoms with Crippen molar-refractivity contribution in [3.8, 4) is 0 Å². The van der Waals surface area contributed by atoms with Crippen molar-refractivity contribution in [1.82, 2.24) is 10.3 Å². The van der Waals surface area contributed by atoms with Crippen LogP contribution in [-0.2, 0) is 6.54 Å². The summed E-state index contributed by atoms with van der Waals surface area (Å²) < 4.78 is 0. The number of nitrogens with zero attached hydrogens (tertiary/aromatic N) is 1. The maximum atomic E-state index is 11.3. The van der Waals surface area contributed by atoms with Gasteiger partial charge in [0.1, 0.15) is 5.69 Å². The lowest BCUT2D eigenvalue weighted by atomic mass is 10.1. The van der Waals surface area contributed by atoms with Gasteiger partial charge in [0.15, 0.2) is 0 Å². The first-order valence-electron chi connectivity index (χ1n) is 4.05. The summed E-state index contributed by atoms with van der Waals surface area (Å²) in [5.74, 6) is -0.0992. The Balaban J connectivity index is 2.74. The first-order chi connectivity index (χ1) is 6.11. The Morgan fingerprint density at radius 2 is 2.15 bits per heavy atom. The quantitative estimate of drug-likeness (QED) is 0.685. The second-order valence-corrected chi connectivity index (χ2v) is 3.52. The largest absolute Gasteiger partial charge is 0.347 e. The number of aryl methyl sites for hydroxylation is 1. The number of nitrogens with one attached hydrogen (secondary N) is 1. The molecule has 3 nitrogen and oxygen atoms in total. The van der Waals surface area contributed by atoms with E-state index < -0.39 is 0 Å². The first-order valence-corrected chi connectivity index (χ1v) is 4.43. The molecule has 0 radical (unpaired) electrons. The van der Waals surface area contributed by atoms with Gasteiger partial charge in [-0.3, -0.25) is 4.79 Å². The lowest BCUT2D eigenvalue weighted by Gasteiger charge is -2.05. The van der Waals surface area contributed by atoms with Crippen molar-refractivity contribution in [3.63, 3.8) is 0 Å². The maximum absolute atomic E-state index is 11.3. The number of fused-ring (bicyclic) bond motifs is 1. The van der Waals surface area contributed by atoms with E-state index in [1.54, 1.807) is 6.92 Å². The van der Waals surface area contributed by atoms with Crippen molar-refractivity contribution in [2.45, 2.75) is 20.4 Å². The highest BCUT2D eigenvalue weighted by Crippen LogP contribution is 2.26. The second kappa shape index (κ2) is 2.70. The molecule has 2 rings (SSSR count). The SMILES string of the molecule is Cc1nc2c(c(C)c1Cl)CNC2=O. The Morgan fingerprint density at radius 1 is 1.46 bits per heavy atom. The van der Waals surface area contributed by atoms with Crippen LogP contribution >= 0.6 is 11.6 Å². The standard InChI is InChI=1S/C9H9ClN2O/c1-4-6-3-11-9(13)8(6)12-5(2)7(4)10/h3H2,1-2H3,(H,11,13). The molecular weight excluding hydrogens is 188 g/mol. The van der Waals surface area contributed by atoms with E-state index in [0.29, 0.717) is 17.3 Å². The summed E-state index contributed by atoms with van der Waals surface area (Å²) in [7, 11) is 0. The normalized spacial score (nSPS) is 14.2. The van der Waals surface area contributed by atoms with E-state index in [2.05, 4.69) is 10.3 Å². The molecule has 0 fully saturated rings. The predicted molar refractivity (Wildman–Crippen MR) is 49.9 cm³/mol. The van der Waals surface area contributed by atoms with Gasteiger partial charge in [0.25, 0.3) is 5.91 Å². The summed E-state index contributed by atoms with van der Waals surface area (Å²) in [5.41, 5.74) is 3.14. The highest BCUT2D eigenvalue weighted by molar-refractivity contribution is 6.32. The van der Waals surface area contributed by atoms with Crippen molar-refractivity contribution in [3.05, 3.63) is 27.5 Å². The van der Waals surface area contributed by atoms with Crippen LogP contribution in [0.5, 0.6) is 0 Å². The molecule has 0 aromatic carbocycles. The zero-order valence-corrected chi connectivity index (χ0v) is 8.20. The Bertz CT molecular complexity index is 401. The third-order valence-corrected chi connectivity index (χ3v) is 2.86. The molecule has 1 aliphatic heterocycles. The first kappa shape index (κ1) is 8.51. The number of pyridine rings is 1. The van der Waals surface area contributed by atoms with E-state index in [0.717, 1.165) is 16.8 Å². The van der Waals surface area contributed by atoms with Gasteiger partial charge < -0.3 is 5.32 Å². The topological polar surface area (TPSA) is 42.0 Å². The minimum absolute atomic E-state index is 0.0992. The van der Waals surface area contributed by atoms with Gasteiger partial charge in [0.05, 0.1) is 10.7 Å². The average molecular weight is 197 g/mol. The number of halogens is 1. The molecule has 0 aliphatic carbocycles. The Labute approximate surface area is 81.1 Å². The van der Waals surface area contributed by atoms with Gasteiger partial charge in [0, 0.05) is 12.1 Å². The zero-order chi connectivity index (χ0) is 9.59. The minimum atomic E-state index is -0.0992. The van der Waals surface area contributed by atoms with Gasteiger partial charge in [0.2, 0.25) is 0 Å². The van der Waals surface area contributed by atoms with Crippen molar-refractivity contribution in [1.29, 1.82) is 0 Å². The number of hydrogen-bond donors (Lipinski definition) is 1. The molecule has 0 saturated carbocycles. The van der Waals surface area contributed by atoms with Crippen LogP contribution in [0, 0.1) is 13.8 Å². The van der Waals surface area contributed by atoms with Crippen LogP contribution in [-0.4, -0.2) is 10.9 Å². The Morgan fingerprint density at radius 3 is 2.85 bits per heavy atom. The fourth-order valence-electron chi connectivity index (χ4n) is 1.52. The van der Waals surface area contributed by atoms with Crippen LogP contribution in [0.15, 0.2) is 0 Å². The Kier molecular flexibility index (Phi) is 1.77. The highest BCUT2D eigenvalue weighted by atomic mass is 35.5. The lowest BCUT2D eigenvalue weighted by molar-refractivity contribution is 0.0961. The average Bonchev–Trinajstić information content (AvgIpc) is 2.45. The molecule has 68 valence electrons. The molecule has 0 spiro atoms. The number of carbonyl (C=O) groups excluding carboxylic acids is 1. The number of aromatic nitrogens is 1. The number of carbonyl (C=O) groups is 1. The smallest absolute Gasteiger partial charge is 0.270 e. The summed E-state index contributed by atoms with van der Waals surface area (Å²) in [4.78, 5) is 15.4. The fourth-order valence-corrected chi connectivity index (χ4v) is 1.68. The third kappa shape index (κ3) is 1.11. The number of rotatable bonds is 0. The fraction of sp³-hybridized carbons (Fsp3) is 0.333. The molecular formula is C9H9ClN2O. The van der Waals surface area contributed by atoms with Gasteiger partial charge in [-0.15, -0.1) is 0 Å². The van der Waals surface area contributed by atoms with E-state index in [9.17, 15) is 4.79 Å². The van der Waals surface area contributed by atoms with E-state index in [4.69, 9.17) is 11.6 Å². The van der Waals surface area contributed by atoms with Gasteiger partial charge in [-0.2, -0.15) is 0 Å². The zero-order valence-electron chi connectivity index (χ0n) is 7.44. The molecule has 1 aromatic heterocycles. The van der Waals surface area contributed by atoms with Gasteiger partial charge in [-0.1, -0.05) is 11.6 Å². The summed E-state index contributed by atoms with van der Waals surface area (Å²) in [6.45, 7) is 4.27. The van der Waals surface area contributed by atoms with E-state index >= 15 is 0 Å². The monoisotopic (exact) mass is 196 g/mol. The number of amides is 1. The molecule has 1 amide bonds. The molecule has 4 heteroatoms. The lowest BCUT2D eigenvalue weighted by Crippen LogP contribution is -2.13. The van der Waals surface area contributed by atoms with Crippen LogP contribution in [0.3, 0.4) is 0 Å². The van der Waals surface area contributed by atoms with Gasteiger partial charge in [-0.25, -0.2) is 4.98 Å². The van der Waals surface area contributed by atoms with Crippen molar-refractivity contribution >= 4 is 17.5 Å². The summed E-state index contributed by atoms with van der Waals surface area (Å²) in [6, 6.07) is 0. The van der Waals surface area contributed by atoms with Crippen molar-refractivity contribution < 1.29 is 4.79 Å². The molecule has 0 bridgehead atoms. The molecule has 0 unspecified atom stereocenters. The molecule has 1 aliphatic rings. The van der Waals surface area contributed by atoms with E-state index in [-0.39, 0.29) is 5.91 Å². The molecule has 1 aromatic rings. The van der Waals surface area contributed by atoms with E-state index in [1.807, 2.05) is 6.92 Å². The third-order valence-electron chi connectivity index (χ3n) is 2.31. The predicted octanol–water partition coefficient (Wildman–Crippen LogP) is 1.60. The van der Waals surface area contributed by atoms with Crippen LogP contribution in [0.1, 0.15) is 27.3 Å².